The predicted molar refractivity (Wildman–Crippen MR) is 181 cm³/mol. The minimum absolute atomic E-state index is 0.517. The Balaban J connectivity index is 1.21. The summed E-state index contributed by atoms with van der Waals surface area (Å²) >= 11 is 0. The maximum absolute atomic E-state index is 6.21. The molecule has 1 fully saturated rings. The molecule has 1 aliphatic carbocycles. The van der Waals surface area contributed by atoms with Crippen molar-refractivity contribution < 1.29 is 4.74 Å². The van der Waals surface area contributed by atoms with Crippen molar-refractivity contribution in [1.29, 1.82) is 0 Å². The molecule has 2 aromatic rings. The van der Waals surface area contributed by atoms with Crippen molar-refractivity contribution in [3.63, 3.8) is 0 Å². The molecule has 1 heterocycles. The Morgan fingerprint density at radius 2 is 1.00 bits per heavy atom. The molecule has 0 aliphatic heterocycles. The standard InChI is InChI=1S/C39H64N2O/c1-3-5-7-9-11-13-14-16-17-19-21-34-25-29-38(30-26-34)42-33-35-23-27-37(28-24-35)39-40-31-36(32-41-39)22-20-18-15-12-10-8-6-4-2/h25-26,29-32,35,37H,3-24,27-28,33H2,1-2H3/t35-,37-. The molecule has 0 bridgehead atoms. The SMILES string of the molecule is CCCCCCCCCCCCc1ccc(OC[C@H]2CC[C@H](c3ncc(CCCCCCCCCC)cn3)CC2)cc1. The third-order valence-electron chi connectivity index (χ3n) is 9.48. The highest BCUT2D eigenvalue weighted by atomic mass is 16.5. The van der Waals surface area contributed by atoms with E-state index < -0.39 is 0 Å². The molecule has 1 aromatic carbocycles. The summed E-state index contributed by atoms with van der Waals surface area (Å²) in [7, 11) is 0. The van der Waals surface area contributed by atoms with E-state index in [4.69, 9.17) is 14.7 Å². The summed E-state index contributed by atoms with van der Waals surface area (Å²) in [5, 5.41) is 0. The first-order valence-corrected chi connectivity index (χ1v) is 18.3. The van der Waals surface area contributed by atoms with Crippen molar-refractivity contribution in [2.75, 3.05) is 6.61 Å². The summed E-state index contributed by atoms with van der Waals surface area (Å²) in [6, 6.07) is 8.91. The highest BCUT2D eigenvalue weighted by Gasteiger charge is 2.24. The summed E-state index contributed by atoms with van der Waals surface area (Å²) in [5.41, 5.74) is 2.76. The summed E-state index contributed by atoms with van der Waals surface area (Å²) in [5.74, 6) is 3.25. The summed E-state index contributed by atoms with van der Waals surface area (Å²) in [6.45, 7) is 5.41. The molecule has 1 aliphatic rings. The second-order valence-electron chi connectivity index (χ2n) is 13.3. The molecule has 0 spiro atoms. The Hall–Kier alpha value is -1.90. The fourth-order valence-corrected chi connectivity index (χ4v) is 6.54. The molecule has 0 amide bonds. The molecule has 1 aromatic heterocycles. The number of hydrogen-bond acceptors (Lipinski definition) is 3. The van der Waals surface area contributed by atoms with Gasteiger partial charge >= 0.3 is 0 Å². The lowest BCUT2D eigenvalue weighted by molar-refractivity contribution is 0.198. The molecule has 0 saturated heterocycles. The van der Waals surface area contributed by atoms with E-state index in [1.54, 1.807) is 0 Å². The third-order valence-corrected chi connectivity index (χ3v) is 9.48. The van der Waals surface area contributed by atoms with Crippen LogP contribution in [0.4, 0.5) is 0 Å². The zero-order chi connectivity index (χ0) is 29.5. The van der Waals surface area contributed by atoms with Gasteiger partial charge in [0.25, 0.3) is 0 Å². The van der Waals surface area contributed by atoms with E-state index in [-0.39, 0.29) is 0 Å². The number of ether oxygens (including phenoxy) is 1. The number of aromatic nitrogens is 2. The Kier molecular flexibility index (Phi) is 18.6. The monoisotopic (exact) mass is 577 g/mol. The van der Waals surface area contributed by atoms with Gasteiger partial charge in [0.15, 0.2) is 0 Å². The van der Waals surface area contributed by atoms with Gasteiger partial charge < -0.3 is 4.74 Å². The van der Waals surface area contributed by atoms with Crippen molar-refractivity contribution in [1.82, 2.24) is 9.97 Å². The number of hydrogen-bond donors (Lipinski definition) is 0. The summed E-state index contributed by atoms with van der Waals surface area (Å²) < 4.78 is 6.21. The quantitative estimate of drug-likeness (QED) is 0.117. The molecule has 3 rings (SSSR count). The van der Waals surface area contributed by atoms with Gasteiger partial charge in [0.1, 0.15) is 11.6 Å². The molecule has 3 nitrogen and oxygen atoms in total. The Morgan fingerprint density at radius 3 is 1.50 bits per heavy atom. The van der Waals surface area contributed by atoms with Gasteiger partial charge in [0.2, 0.25) is 0 Å². The minimum atomic E-state index is 0.517. The van der Waals surface area contributed by atoms with Crippen LogP contribution in [0.3, 0.4) is 0 Å². The highest BCUT2D eigenvalue weighted by Crippen LogP contribution is 2.34. The Morgan fingerprint density at radius 1 is 0.548 bits per heavy atom. The molecular weight excluding hydrogens is 512 g/mol. The number of aryl methyl sites for hydroxylation is 2. The smallest absolute Gasteiger partial charge is 0.131 e. The van der Waals surface area contributed by atoms with Crippen LogP contribution in [0, 0.1) is 5.92 Å². The normalized spacial score (nSPS) is 17.0. The van der Waals surface area contributed by atoms with Crippen LogP contribution in [0.1, 0.15) is 178 Å². The van der Waals surface area contributed by atoms with E-state index in [0.717, 1.165) is 24.6 Å². The van der Waals surface area contributed by atoms with Crippen LogP contribution in [0.15, 0.2) is 36.7 Å². The van der Waals surface area contributed by atoms with Crippen LogP contribution in [-0.2, 0) is 12.8 Å². The van der Waals surface area contributed by atoms with Gasteiger partial charge in [0, 0.05) is 18.3 Å². The fourth-order valence-electron chi connectivity index (χ4n) is 6.54. The van der Waals surface area contributed by atoms with E-state index in [0.29, 0.717) is 11.8 Å². The van der Waals surface area contributed by atoms with Crippen molar-refractivity contribution >= 4 is 0 Å². The first kappa shape index (κ1) is 34.6. The zero-order valence-corrected chi connectivity index (χ0v) is 27.6. The third kappa shape index (κ3) is 15.0. The van der Waals surface area contributed by atoms with Gasteiger partial charge in [-0.1, -0.05) is 129 Å². The fraction of sp³-hybridized carbons (Fsp3) is 0.744. The first-order chi connectivity index (χ1) is 20.8. The van der Waals surface area contributed by atoms with Crippen LogP contribution in [0.5, 0.6) is 5.75 Å². The predicted octanol–water partition coefficient (Wildman–Crippen LogP) is 12.0. The van der Waals surface area contributed by atoms with E-state index >= 15 is 0 Å². The topological polar surface area (TPSA) is 35.0 Å². The van der Waals surface area contributed by atoms with E-state index in [2.05, 4.69) is 50.5 Å². The molecule has 0 unspecified atom stereocenters. The van der Waals surface area contributed by atoms with E-state index in [1.807, 2.05) is 0 Å². The molecule has 42 heavy (non-hydrogen) atoms. The van der Waals surface area contributed by atoms with E-state index in [1.165, 1.54) is 159 Å². The average molecular weight is 577 g/mol. The Bertz CT molecular complexity index is 886. The van der Waals surface area contributed by atoms with Crippen molar-refractivity contribution in [3.8, 4) is 5.75 Å². The summed E-state index contributed by atoms with van der Waals surface area (Å²) in [4.78, 5) is 9.58. The van der Waals surface area contributed by atoms with Crippen LogP contribution < -0.4 is 4.74 Å². The van der Waals surface area contributed by atoms with E-state index in [9.17, 15) is 0 Å². The highest BCUT2D eigenvalue weighted by molar-refractivity contribution is 5.27. The number of rotatable bonds is 24. The molecule has 0 atom stereocenters. The largest absolute Gasteiger partial charge is 0.493 e. The second-order valence-corrected chi connectivity index (χ2v) is 13.3. The number of unbranched alkanes of at least 4 members (excludes halogenated alkanes) is 16. The summed E-state index contributed by atoms with van der Waals surface area (Å²) in [6.07, 6.45) is 36.2. The van der Waals surface area contributed by atoms with Gasteiger partial charge in [-0.2, -0.15) is 0 Å². The second kappa shape index (κ2) is 22.6. The lowest BCUT2D eigenvalue weighted by atomic mass is 9.82. The van der Waals surface area contributed by atoms with Gasteiger partial charge in [-0.25, -0.2) is 9.97 Å². The van der Waals surface area contributed by atoms with Crippen LogP contribution in [0.2, 0.25) is 0 Å². The van der Waals surface area contributed by atoms with Crippen LogP contribution in [0.25, 0.3) is 0 Å². The maximum atomic E-state index is 6.21. The molecular formula is C39H64N2O. The van der Waals surface area contributed by atoms with Gasteiger partial charge in [-0.3, -0.25) is 0 Å². The van der Waals surface area contributed by atoms with Crippen molar-refractivity contribution in [2.24, 2.45) is 5.92 Å². The lowest BCUT2D eigenvalue weighted by Crippen LogP contribution is -2.20. The average Bonchev–Trinajstić information content (AvgIpc) is 3.03. The van der Waals surface area contributed by atoms with Crippen molar-refractivity contribution in [2.45, 2.75) is 174 Å². The molecule has 3 heteroatoms. The maximum Gasteiger partial charge on any atom is 0.131 e. The minimum Gasteiger partial charge on any atom is -0.493 e. The number of nitrogens with zero attached hydrogens (tertiary/aromatic N) is 2. The molecule has 1 saturated carbocycles. The first-order valence-electron chi connectivity index (χ1n) is 18.3. The van der Waals surface area contributed by atoms with Crippen molar-refractivity contribution in [3.05, 3.63) is 53.6 Å². The van der Waals surface area contributed by atoms with Crippen LogP contribution >= 0.6 is 0 Å². The van der Waals surface area contributed by atoms with Gasteiger partial charge in [0.05, 0.1) is 6.61 Å². The zero-order valence-electron chi connectivity index (χ0n) is 27.6. The molecule has 0 radical (unpaired) electrons. The number of benzene rings is 1. The lowest BCUT2D eigenvalue weighted by Gasteiger charge is -2.27. The van der Waals surface area contributed by atoms with Gasteiger partial charge in [-0.05, 0) is 80.5 Å². The van der Waals surface area contributed by atoms with Crippen LogP contribution in [-0.4, -0.2) is 16.6 Å². The van der Waals surface area contributed by atoms with Gasteiger partial charge in [-0.15, -0.1) is 0 Å². The molecule has 0 N–H and O–H groups in total. The molecule has 236 valence electrons. The Labute approximate surface area is 260 Å².